The zero-order chi connectivity index (χ0) is 13.5. The van der Waals surface area contributed by atoms with Crippen LogP contribution >= 0.6 is 0 Å². The molecule has 0 aromatic rings. The molecule has 106 valence electrons. The van der Waals surface area contributed by atoms with Crippen LogP contribution in [0.4, 0.5) is 0 Å². The summed E-state index contributed by atoms with van der Waals surface area (Å²) in [7, 11) is 1.99. The van der Waals surface area contributed by atoms with E-state index in [1.54, 1.807) is 0 Å². The standard InChI is InChI=1S/C13H27N3O2/c1-3-12(13(14)18)15(2)10-11-4-6-16(7-5-11)8-9-17/h11-12,17H,3-10H2,1-2H3,(H2,14,18). The molecule has 1 heterocycles. The quantitative estimate of drug-likeness (QED) is 0.667. The lowest BCUT2D eigenvalue weighted by Crippen LogP contribution is -2.46. The van der Waals surface area contributed by atoms with Crippen molar-refractivity contribution in [1.29, 1.82) is 0 Å². The average Bonchev–Trinajstić information content (AvgIpc) is 2.32. The minimum Gasteiger partial charge on any atom is -0.395 e. The van der Waals surface area contributed by atoms with Crippen molar-refractivity contribution >= 4 is 5.91 Å². The van der Waals surface area contributed by atoms with Crippen LogP contribution in [0.5, 0.6) is 0 Å². The number of piperidine rings is 1. The summed E-state index contributed by atoms with van der Waals surface area (Å²) in [4.78, 5) is 15.7. The van der Waals surface area contributed by atoms with Crippen LogP contribution in [-0.2, 0) is 4.79 Å². The third-order valence-electron chi connectivity index (χ3n) is 3.92. The molecule has 5 nitrogen and oxygen atoms in total. The monoisotopic (exact) mass is 257 g/mol. The maximum absolute atomic E-state index is 11.3. The molecule has 0 aromatic heterocycles. The Morgan fingerprint density at radius 3 is 2.56 bits per heavy atom. The molecule has 1 aliphatic heterocycles. The van der Waals surface area contributed by atoms with E-state index in [0.717, 1.165) is 45.4 Å². The van der Waals surface area contributed by atoms with Gasteiger partial charge in [0.15, 0.2) is 0 Å². The Balaban J connectivity index is 2.33. The number of hydrogen-bond donors (Lipinski definition) is 2. The van der Waals surface area contributed by atoms with E-state index in [0.29, 0.717) is 5.92 Å². The summed E-state index contributed by atoms with van der Waals surface area (Å²) >= 11 is 0. The number of β-amino-alcohol motifs (C(OH)–C–C–N with tert-alkyl or cyclic N) is 1. The van der Waals surface area contributed by atoms with Gasteiger partial charge in [0.05, 0.1) is 12.6 Å². The van der Waals surface area contributed by atoms with Gasteiger partial charge in [-0.3, -0.25) is 9.69 Å². The fraction of sp³-hybridized carbons (Fsp3) is 0.923. The van der Waals surface area contributed by atoms with E-state index in [2.05, 4.69) is 9.80 Å². The minimum atomic E-state index is -0.224. The Morgan fingerprint density at radius 1 is 1.50 bits per heavy atom. The predicted molar refractivity (Wildman–Crippen MR) is 72.2 cm³/mol. The Kier molecular flexibility index (Phi) is 6.60. The summed E-state index contributed by atoms with van der Waals surface area (Å²) in [6.45, 7) is 6.05. The largest absolute Gasteiger partial charge is 0.395 e. The lowest BCUT2D eigenvalue weighted by Gasteiger charge is -2.35. The number of aliphatic hydroxyl groups excluding tert-OH is 1. The molecule has 1 aliphatic rings. The zero-order valence-corrected chi connectivity index (χ0v) is 11.6. The lowest BCUT2D eigenvalue weighted by molar-refractivity contribution is -0.123. The van der Waals surface area contributed by atoms with Crippen LogP contribution < -0.4 is 5.73 Å². The van der Waals surface area contributed by atoms with E-state index in [1.807, 2.05) is 14.0 Å². The van der Waals surface area contributed by atoms with E-state index < -0.39 is 0 Å². The van der Waals surface area contributed by atoms with Crippen molar-refractivity contribution in [3.8, 4) is 0 Å². The molecule has 1 fully saturated rings. The van der Waals surface area contributed by atoms with Crippen LogP contribution in [-0.4, -0.2) is 66.7 Å². The molecule has 1 unspecified atom stereocenters. The molecule has 0 saturated carbocycles. The smallest absolute Gasteiger partial charge is 0.234 e. The summed E-state index contributed by atoms with van der Waals surface area (Å²) in [5, 5.41) is 8.89. The fourth-order valence-electron chi connectivity index (χ4n) is 2.80. The lowest BCUT2D eigenvalue weighted by atomic mass is 9.95. The molecular formula is C13H27N3O2. The number of carbonyl (C=O) groups excluding carboxylic acids is 1. The van der Waals surface area contributed by atoms with Crippen molar-refractivity contribution in [3.63, 3.8) is 0 Å². The fourth-order valence-corrected chi connectivity index (χ4v) is 2.80. The first-order valence-corrected chi connectivity index (χ1v) is 6.91. The number of nitrogens with zero attached hydrogens (tertiary/aromatic N) is 2. The molecule has 1 atom stereocenters. The number of likely N-dealkylation sites (tertiary alicyclic amines) is 1. The molecule has 0 aliphatic carbocycles. The van der Waals surface area contributed by atoms with Crippen LogP contribution in [0, 0.1) is 5.92 Å². The summed E-state index contributed by atoms with van der Waals surface area (Å²) in [6, 6.07) is -0.138. The van der Waals surface area contributed by atoms with Gasteiger partial charge in [0.1, 0.15) is 0 Å². The average molecular weight is 257 g/mol. The number of rotatable bonds is 7. The number of likely N-dealkylation sites (N-methyl/N-ethyl adjacent to an activating group) is 1. The van der Waals surface area contributed by atoms with Crippen molar-refractivity contribution < 1.29 is 9.90 Å². The summed E-state index contributed by atoms with van der Waals surface area (Å²) in [5.41, 5.74) is 5.40. The van der Waals surface area contributed by atoms with E-state index in [9.17, 15) is 4.79 Å². The van der Waals surface area contributed by atoms with Gasteiger partial charge in [0, 0.05) is 13.1 Å². The SMILES string of the molecule is CCC(C(N)=O)N(C)CC1CCN(CCO)CC1. The highest BCUT2D eigenvalue weighted by Gasteiger charge is 2.24. The normalized spacial score (nSPS) is 20.2. The first-order chi connectivity index (χ1) is 8.58. The Bertz CT molecular complexity index is 253. The third-order valence-corrected chi connectivity index (χ3v) is 3.92. The topological polar surface area (TPSA) is 69.8 Å². The van der Waals surface area contributed by atoms with Crippen molar-refractivity contribution in [2.45, 2.75) is 32.2 Å². The first-order valence-electron chi connectivity index (χ1n) is 6.91. The highest BCUT2D eigenvalue weighted by Crippen LogP contribution is 2.19. The van der Waals surface area contributed by atoms with Crippen LogP contribution in [0.2, 0.25) is 0 Å². The third kappa shape index (κ3) is 4.55. The predicted octanol–water partition coefficient (Wildman–Crippen LogP) is -0.114. The highest BCUT2D eigenvalue weighted by molar-refractivity contribution is 5.79. The molecule has 0 aromatic carbocycles. The van der Waals surface area contributed by atoms with Gasteiger partial charge >= 0.3 is 0 Å². The van der Waals surface area contributed by atoms with Crippen LogP contribution in [0.15, 0.2) is 0 Å². The molecule has 1 amide bonds. The maximum atomic E-state index is 11.3. The van der Waals surface area contributed by atoms with Crippen molar-refractivity contribution in [3.05, 3.63) is 0 Å². The van der Waals surface area contributed by atoms with Gasteiger partial charge in [0.25, 0.3) is 0 Å². The van der Waals surface area contributed by atoms with Crippen molar-refractivity contribution in [2.75, 3.05) is 39.8 Å². The second-order valence-corrected chi connectivity index (χ2v) is 5.27. The van der Waals surface area contributed by atoms with Crippen LogP contribution in [0.1, 0.15) is 26.2 Å². The maximum Gasteiger partial charge on any atom is 0.234 e. The Morgan fingerprint density at radius 2 is 2.11 bits per heavy atom. The number of carbonyl (C=O) groups is 1. The molecule has 1 rings (SSSR count). The number of hydrogen-bond acceptors (Lipinski definition) is 4. The van der Waals surface area contributed by atoms with Crippen LogP contribution in [0.25, 0.3) is 0 Å². The number of amides is 1. The minimum absolute atomic E-state index is 0.138. The molecule has 5 heteroatoms. The van der Waals surface area contributed by atoms with Crippen molar-refractivity contribution in [2.24, 2.45) is 11.7 Å². The van der Waals surface area contributed by atoms with Gasteiger partial charge in [-0.2, -0.15) is 0 Å². The van der Waals surface area contributed by atoms with Gasteiger partial charge < -0.3 is 15.7 Å². The summed E-state index contributed by atoms with van der Waals surface area (Å²) in [6.07, 6.45) is 3.05. The summed E-state index contributed by atoms with van der Waals surface area (Å²) in [5.74, 6) is 0.413. The van der Waals surface area contributed by atoms with Gasteiger partial charge in [-0.1, -0.05) is 6.92 Å². The van der Waals surface area contributed by atoms with Gasteiger partial charge in [-0.05, 0) is 45.3 Å². The molecule has 0 bridgehead atoms. The second kappa shape index (κ2) is 7.71. The van der Waals surface area contributed by atoms with Gasteiger partial charge in [0.2, 0.25) is 5.91 Å². The molecular weight excluding hydrogens is 230 g/mol. The van der Waals surface area contributed by atoms with Crippen LogP contribution in [0.3, 0.4) is 0 Å². The molecule has 0 radical (unpaired) electrons. The van der Waals surface area contributed by atoms with E-state index in [-0.39, 0.29) is 18.6 Å². The summed E-state index contributed by atoms with van der Waals surface area (Å²) < 4.78 is 0. The number of nitrogens with two attached hydrogens (primary N) is 1. The molecule has 3 N–H and O–H groups in total. The zero-order valence-electron chi connectivity index (χ0n) is 11.6. The first kappa shape index (κ1) is 15.4. The number of aliphatic hydroxyl groups is 1. The van der Waals surface area contributed by atoms with Gasteiger partial charge in [-0.15, -0.1) is 0 Å². The Hall–Kier alpha value is -0.650. The van der Waals surface area contributed by atoms with Crippen molar-refractivity contribution in [1.82, 2.24) is 9.80 Å². The molecule has 0 spiro atoms. The van der Waals surface area contributed by atoms with E-state index in [1.165, 1.54) is 0 Å². The van der Waals surface area contributed by atoms with Gasteiger partial charge in [-0.25, -0.2) is 0 Å². The highest BCUT2D eigenvalue weighted by atomic mass is 16.3. The second-order valence-electron chi connectivity index (χ2n) is 5.27. The molecule has 18 heavy (non-hydrogen) atoms. The van der Waals surface area contributed by atoms with E-state index >= 15 is 0 Å². The molecule has 1 saturated heterocycles. The number of primary amides is 1. The van der Waals surface area contributed by atoms with E-state index in [4.69, 9.17) is 10.8 Å². The Labute approximate surface area is 110 Å².